The lowest BCUT2D eigenvalue weighted by atomic mass is 9.86. The highest BCUT2D eigenvalue weighted by molar-refractivity contribution is 7.98. The van der Waals surface area contributed by atoms with Gasteiger partial charge in [-0.1, -0.05) is 56.8 Å². The Labute approximate surface area is 170 Å². The topological polar surface area (TPSA) is 95.7 Å². The van der Waals surface area contributed by atoms with E-state index in [9.17, 15) is 13.7 Å². The summed E-state index contributed by atoms with van der Waals surface area (Å²) in [6.45, 7) is 6.45. The second-order valence-corrected chi connectivity index (χ2v) is 11.0. The first-order valence-corrected chi connectivity index (χ1v) is 12.1. The third-order valence-electron chi connectivity index (χ3n) is 4.78. The number of thioether (sulfide) groups is 1. The molecule has 1 N–H and O–H groups in total. The van der Waals surface area contributed by atoms with Crippen LogP contribution in [0.5, 0.6) is 0 Å². The normalized spacial score (nSPS) is 18.6. The van der Waals surface area contributed by atoms with Gasteiger partial charge in [-0.15, -0.1) is 0 Å². The van der Waals surface area contributed by atoms with Gasteiger partial charge in [-0.3, -0.25) is 0 Å². The van der Waals surface area contributed by atoms with Crippen molar-refractivity contribution < 1.29 is 8.42 Å². The summed E-state index contributed by atoms with van der Waals surface area (Å²) in [6.07, 6.45) is 2.39. The SMILES string of the molecule is CSc1nc(NC2CCS(=O)(=O)C2)c(C#N)c(-c2ccc(C(C)(C)C)cc2)n1. The van der Waals surface area contributed by atoms with Crippen LogP contribution in [0.15, 0.2) is 29.4 Å². The second kappa shape index (κ2) is 7.72. The molecular weight excluding hydrogens is 392 g/mol. The molecule has 0 amide bonds. The maximum Gasteiger partial charge on any atom is 0.189 e. The lowest BCUT2D eigenvalue weighted by Crippen LogP contribution is -2.22. The van der Waals surface area contributed by atoms with Crippen molar-refractivity contribution in [1.29, 1.82) is 5.26 Å². The molecule has 3 rings (SSSR count). The van der Waals surface area contributed by atoms with Gasteiger partial charge in [-0.2, -0.15) is 5.26 Å². The van der Waals surface area contributed by atoms with E-state index < -0.39 is 9.84 Å². The molecule has 8 heteroatoms. The Morgan fingerprint density at radius 2 is 1.89 bits per heavy atom. The predicted octanol–water partition coefficient (Wildman–Crippen LogP) is 3.63. The molecule has 0 saturated carbocycles. The van der Waals surface area contributed by atoms with E-state index in [0.717, 1.165) is 5.56 Å². The fourth-order valence-electron chi connectivity index (χ4n) is 3.18. The quantitative estimate of drug-likeness (QED) is 0.600. The Kier molecular flexibility index (Phi) is 5.69. The smallest absolute Gasteiger partial charge is 0.189 e. The van der Waals surface area contributed by atoms with Crippen molar-refractivity contribution in [3.8, 4) is 17.3 Å². The van der Waals surface area contributed by atoms with E-state index in [2.05, 4.69) is 42.1 Å². The molecule has 1 aliphatic rings. The summed E-state index contributed by atoms with van der Waals surface area (Å²) in [5, 5.41) is 13.5. The lowest BCUT2D eigenvalue weighted by molar-refractivity contribution is 0.590. The summed E-state index contributed by atoms with van der Waals surface area (Å²) in [4.78, 5) is 9.00. The molecule has 2 aromatic rings. The fourth-order valence-corrected chi connectivity index (χ4v) is 5.22. The number of benzene rings is 1. The summed E-state index contributed by atoms with van der Waals surface area (Å²) in [5.41, 5.74) is 2.97. The molecule has 1 fully saturated rings. The maximum atomic E-state index is 11.8. The second-order valence-electron chi connectivity index (χ2n) is 7.97. The van der Waals surface area contributed by atoms with Crippen LogP contribution in [0.2, 0.25) is 0 Å². The zero-order valence-corrected chi connectivity index (χ0v) is 18.1. The van der Waals surface area contributed by atoms with Crippen LogP contribution in [0.25, 0.3) is 11.3 Å². The van der Waals surface area contributed by atoms with Gasteiger partial charge >= 0.3 is 0 Å². The molecule has 0 spiro atoms. The van der Waals surface area contributed by atoms with Gasteiger partial charge < -0.3 is 5.32 Å². The molecule has 1 aromatic carbocycles. The molecule has 1 aliphatic heterocycles. The van der Waals surface area contributed by atoms with Crippen LogP contribution in [0.3, 0.4) is 0 Å². The van der Waals surface area contributed by atoms with Crippen molar-refractivity contribution in [3.63, 3.8) is 0 Å². The van der Waals surface area contributed by atoms with Crippen molar-refractivity contribution >= 4 is 27.4 Å². The van der Waals surface area contributed by atoms with E-state index in [1.54, 1.807) is 0 Å². The number of anilines is 1. The van der Waals surface area contributed by atoms with Crippen LogP contribution in [0.1, 0.15) is 38.3 Å². The van der Waals surface area contributed by atoms with Crippen LogP contribution < -0.4 is 5.32 Å². The van der Waals surface area contributed by atoms with E-state index in [-0.39, 0.29) is 23.0 Å². The van der Waals surface area contributed by atoms with Crippen molar-refractivity contribution in [2.45, 2.75) is 43.8 Å². The van der Waals surface area contributed by atoms with E-state index >= 15 is 0 Å². The van der Waals surface area contributed by atoms with Gasteiger partial charge in [0.1, 0.15) is 17.5 Å². The van der Waals surface area contributed by atoms with Gasteiger partial charge in [0.2, 0.25) is 0 Å². The zero-order chi connectivity index (χ0) is 20.5. The largest absolute Gasteiger partial charge is 0.365 e. The van der Waals surface area contributed by atoms with E-state index in [1.807, 2.05) is 30.5 Å². The highest BCUT2D eigenvalue weighted by Crippen LogP contribution is 2.31. The standard InChI is InChI=1S/C20H24N4O2S2/c1-20(2,3)14-7-5-13(6-8-14)17-16(11-21)18(24-19(23-17)27-4)22-15-9-10-28(25,26)12-15/h5-8,15H,9-10,12H2,1-4H3,(H,22,23,24). The molecule has 1 unspecified atom stereocenters. The molecule has 0 radical (unpaired) electrons. The fraction of sp³-hybridized carbons (Fsp3) is 0.450. The number of aromatic nitrogens is 2. The molecule has 1 aromatic heterocycles. The highest BCUT2D eigenvalue weighted by Gasteiger charge is 2.29. The Balaban J connectivity index is 2.03. The van der Waals surface area contributed by atoms with Crippen LogP contribution >= 0.6 is 11.8 Å². The predicted molar refractivity (Wildman–Crippen MR) is 113 cm³/mol. The van der Waals surface area contributed by atoms with E-state index in [0.29, 0.717) is 28.7 Å². The first kappa shape index (κ1) is 20.6. The highest BCUT2D eigenvalue weighted by atomic mass is 32.2. The number of hydrogen-bond acceptors (Lipinski definition) is 7. The third kappa shape index (κ3) is 4.47. The number of nitrogens with zero attached hydrogens (tertiary/aromatic N) is 3. The molecule has 0 aliphatic carbocycles. The summed E-state index contributed by atoms with van der Waals surface area (Å²) in [5.74, 6) is 0.624. The molecule has 0 bridgehead atoms. The van der Waals surface area contributed by atoms with Crippen molar-refractivity contribution in [1.82, 2.24) is 9.97 Å². The van der Waals surface area contributed by atoms with Gasteiger partial charge in [-0.25, -0.2) is 18.4 Å². The summed E-state index contributed by atoms with van der Waals surface area (Å²) < 4.78 is 23.5. The monoisotopic (exact) mass is 416 g/mol. The number of sulfone groups is 1. The van der Waals surface area contributed by atoms with Crippen LogP contribution in [-0.2, 0) is 15.3 Å². The van der Waals surface area contributed by atoms with Crippen LogP contribution in [0, 0.1) is 11.3 Å². The zero-order valence-electron chi connectivity index (χ0n) is 16.5. The van der Waals surface area contributed by atoms with E-state index in [1.165, 1.54) is 17.3 Å². The van der Waals surface area contributed by atoms with Gasteiger partial charge in [0.15, 0.2) is 15.0 Å². The lowest BCUT2D eigenvalue weighted by Gasteiger charge is -2.19. The summed E-state index contributed by atoms with van der Waals surface area (Å²) >= 11 is 1.39. The molecular formula is C20H24N4O2S2. The van der Waals surface area contributed by atoms with Crippen LogP contribution in [0.4, 0.5) is 5.82 Å². The van der Waals surface area contributed by atoms with Crippen molar-refractivity contribution in [3.05, 3.63) is 35.4 Å². The van der Waals surface area contributed by atoms with E-state index in [4.69, 9.17) is 0 Å². The Morgan fingerprint density at radius 1 is 1.21 bits per heavy atom. The molecule has 28 heavy (non-hydrogen) atoms. The van der Waals surface area contributed by atoms with Crippen molar-refractivity contribution in [2.24, 2.45) is 0 Å². The first-order valence-electron chi connectivity index (χ1n) is 9.07. The van der Waals surface area contributed by atoms with Crippen LogP contribution in [-0.4, -0.2) is 42.2 Å². The average Bonchev–Trinajstić information content (AvgIpc) is 2.98. The number of nitriles is 1. The molecule has 6 nitrogen and oxygen atoms in total. The Bertz CT molecular complexity index is 1020. The molecule has 148 valence electrons. The molecule has 2 heterocycles. The number of rotatable bonds is 4. The maximum absolute atomic E-state index is 11.8. The summed E-state index contributed by atoms with van der Waals surface area (Å²) in [6, 6.07) is 10.0. The van der Waals surface area contributed by atoms with Gasteiger partial charge in [0.25, 0.3) is 0 Å². The minimum Gasteiger partial charge on any atom is -0.365 e. The van der Waals surface area contributed by atoms with Crippen molar-refractivity contribution in [2.75, 3.05) is 23.1 Å². The summed E-state index contributed by atoms with van der Waals surface area (Å²) in [7, 11) is -3.03. The Hall–Kier alpha value is -2.11. The number of nitrogens with one attached hydrogen (secondary N) is 1. The first-order chi connectivity index (χ1) is 13.1. The third-order valence-corrected chi connectivity index (χ3v) is 7.10. The minimum absolute atomic E-state index is 0.0351. The molecule has 1 atom stereocenters. The molecule has 1 saturated heterocycles. The number of hydrogen-bond donors (Lipinski definition) is 1. The Morgan fingerprint density at radius 3 is 2.39 bits per heavy atom. The van der Waals surface area contributed by atoms with Gasteiger partial charge in [-0.05, 0) is 23.7 Å². The van der Waals surface area contributed by atoms with Gasteiger partial charge in [0, 0.05) is 11.6 Å². The average molecular weight is 417 g/mol. The minimum atomic E-state index is -3.03. The van der Waals surface area contributed by atoms with Gasteiger partial charge in [0.05, 0.1) is 17.2 Å².